The maximum Gasteiger partial charge on any atom is 0.0204 e. The lowest BCUT2D eigenvalue weighted by molar-refractivity contribution is 0.104. The molecule has 0 saturated heterocycles. The first-order chi connectivity index (χ1) is 14.1. The van der Waals surface area contributed by atoms with E-state index in [0.29, 0.717) is 11.8 Å². The molecule has 0 aromatic heterocycles. The zero-order chi connectivity index (χ0) is 21.5. The van der Waals surface area contributed by atoms with E-state index in [2.05, 4.69) is 103 Å². The Morgan fingerprint density at radius 2 is 1.33 bits per heavy atom. The molecule has 0 amide bonds. The van der Waals surface area contributed by atoms with Crippen molar-refractivity contribution < 1.29 is 0 Å². The van der Waals surface area contributed by atoms with E-state index in [1.54, 1.807) is 16.7 Å². The van der Waals surface area contributed by atoms with E-state index in [9.17, 15) is 0 Å². The molecule has 3 aliphatic rings. The van der Waals surface area contributed by atoms with E-state index in [-0.39, 0.29) is 16.2 Å². The summed E-state index contributed by atoms with van der Waals surface area (Å²) in [5, 5.41) is 0. The highest BCUT2D eigenvalue weighted by atomic mass is 14.6. The van der Waals surface area contributed by atoms with Gasteiger partial charge < -0.3 is 0 Å². The Kier molecular flexibility index (Phi) is 4.12. The number of benzene rings is 2. The lowest BCUT2D eigenvalue weighted by atomic mass is 9.53. The van der Waals surface area contributed by atoms with Gasteiger partial charge in [0.1, 0.15) is 0 Å². The monoisotopic (exact) mass is 396 g/mol. The fraction of sp³-hybridized carbons (Fsp3) is 0.467. The Bertz CT molecular complexity index is 1030. The molecule has 0 spiro atoms. The van der Waals surface area contributed by atoms with Gasteiger partial charge >= 0.3 is 0 Å². The molecule has 0 aliphatic heterocycles. The van der Waals surface area contributed by atoms with Crippen molar-refractivity contribution in [2.45, 2.75) is 67.2 Å². The lowest BCUT2D eigenvalue weighted by Gasteiger charge is -2.49. The predicted molar refractivity (Wildman–Crippen MR) is 129 cm³/mol. The summed E-state index contributed by atoms with van der Waals surface area (Å²) in [6.45, 7) is 17.1. The summed E-state index contributed by atoms with van der Waals surface area (Å²) in [5.74, 6) is 1.07. The van der Waals surface area contributed by atoms with E-state index < -0.39 is 0 Å². The number of fused-ring (bicyclic) bond motifs is 3. The van der Waals surface area contributed by atoms with Crippen molar-refractivity contribution in [2.75, 3.05) is 0 Å². The molecule has 0 radical (unpaired) electrons. The minimum atomic E-state index is 0.122. The van der Waals surface area contributed by atoms with Crippen molar-refractivity contribution in [2.24, 2.45) is 22.2 Å². The third kappa shape index (κ3) is 2.52. The minimum absolute atomic E-state index is 0.122. The summed E-state index contributed by atoms with van der Waals surface area (Å²) in [7, 11) is 0. The van der Waals surface area contributed by atoms with Crippen molar-refractivity contribution in [3.63, 3.8) is 0 Å². The maximum absolute atomic E-state index is 2.63. The van der Waals surface area contributed by atoms with Crippen LogP contribution in [0.3, 0.4) is 0 Å². The van der Waals surface area contributed by atoms with Gasteiger partial charge in [0.2, 0.25) is 0 Å². The minimum Gasteiger partial charge on any atom is -0.0619 e. The van der Waals surface area contributed by atoms with Crippen LogP contribution < -0.4 is 0 Å². The molecule has 2 aromatic rings. The lowest BCUT2D eigenvalue weighted by Crippen LogP contribution is -2.41. The summed E-state index contributed by atoms with van der Waals surface area (Å²) in [6, 6.07) is 18.4. The van der Waals surface area contributed by atoms with Crippen LogP contribution in [0, 0.1) is 22.2 Å². The molecule has 3 aliphatic carbocycles. The smallest absolute Gasteiger partial charge is 0.0204 e. The van der Waals surface area contributed by atoms with Gasteiger partial charge in [0.05, 0.1) is 0 Å². The zero-order valence-corrected chi connectivity index (χ0v) is 19.8. The number of allylic oxidation sites excluding steroid dienone is 4. The third-order valence-corrected chi connectivity index (χ3v) is 8.38. The first kappa shape index (κ1) is 19.9. The van der Waals surface area contributed by atoms with Gasteiger partial charge in [-0.2, -0.15) is 0 Å². The zero-order valence-electron chi connectivity index (χ0n) is 19.8. The molecule has 0 saturated carbocycles. The Morgan fingerprint density at radius 1 is 0.800 bits per heavy atom. The maximum atomic E-state index is 2.63. The van der Waals surface area contributed by atoms with Crippen molar-refractivity contribution in [3.8, 4) is 11.1 Å². The van der Waals surface area contributed by atoms with Crippen molar-refractivity contribution in [1.29, 1.82) is 0 Å². The molecule has 0 N–H and O–H groups in total. The molecule has 30 heavy (non-hydrogen) atoms. The molecule has 0 heteroatoms. The summed E-state index contributed by atoms with van der Waals surface area (Å²) in [5.41, 5.74) is 11.5. The molecular weight excluding hydrogens is 360 g/mol. The van der Waals surface area contributed by atoms with E-state index in [1.807, 2.05) is 0 Å². The van der Waals surface area contributed by atoms with Crippen LogP contribution in [0.25, 0.3) is 11.1 Å². The first-order valence-electron chi connectivity index (χ1n) is 11.7. The number of hydrogen-bond acceptors (Lipinski definition) is 0. The number of hydrogen-bond donors (Lipinski definition) is 0. The topological polar surface area (TPSA) is 0 Å². The molecule has 0 heterocycles. The second-order valence-corrected chi connectivity index (χ2v) is 12.0. The molecule has 2 aromatic carbocycles. The highest BCUT2D eigenvalue weighted by Gasteiger charge is 2.58. The van der Waals surface area contributed by atoms with Gasteiger partial charge in [-0.3, -0.25) is 0 Å². The average molecular weight is 397 g/mol. The van der Waals surface area contributed by atoms with Gasteiger partial charge in [-0.15, -0.1) is 0 Å². The van der Waals surface area contributed by atoms with Gasteiger partial charge in [-0.1, -0.05) is 114 Å². The highest BCUT2D eigenvalue weighted by molar-refractivity contribution is 5.80. The van der Waals surface area contributed by atoms with E-state index in [0.717, 1.165) is 0 Å². The fourth-order valence-corrected chi connectivity index (χ4v) is 6.77. The van der Waals surface area contributed by atoms with E-state index in [4.69, 9.17) is 0 Å². The molecule has 2 atom stereocenters. The predicted octanol–water partition coefficient (Wildman–Crippen LogP) is 8.54. The van der Waals surface area contributed by atoms with Crippen LogP contribution >= 0.6 is 0 Å². The Hall–Kier alpha value is -2.08. The van der Waals surface area contributed by atoms with Gasteiger partial charge in [0.25, 0.3) is 0 Å². The molecule has 0 bridgehead atoms. The molecular formula is C30H36. The Labute approximate surface area is 183 Å². The molecule has 2 unspecified atom stereocenters. The molecule has 156 valence electrons. The largest absolute Gasteiger partial charge is 0.0619 e. The van der Waals surface area contributed by atoms with Gasteiger partial charge in [0, 0.05) is 11.3 Å². The second-order valence-electron chi connectivity index (χ2n) is 12.0. The van der Waals surface area contributed by atoms with Gasteiger partial charge in [-0.05, 0) is 57.4 Å². The normalized spacial score (nSPS) is 26.0. The average Bonchev–Trinajstić information content (AvgIpc) is 3.32. The van der Waals surface area contributed by atoms with Crippen LogP contribution in [-0.4, -0.2) is 0 Å². The Balaban J connectivity index is 1.80. The van der Waals surface area contributed by atoms with Crippen molar-refractivity contribution in [1.82, 2.24) is 0 Å². The van der Waals surface area contributed by atoms with Crippen molar-refractivity contribution >= 4 is 0 Å². The first-order valence-corrected chi connectivity index (χ1v) is 11.7. The molecule has 0 fully saturated rings. The standard InChI is InChI=1S/C30H36/c1-19-18-30(29(5,6)7,26-17-20(16-25(19)26)28(2,3)4)27-23-14-10-8-12-21(23)22-13-9-11-15-24(22)27/h8-15,17,19,27H,16,18H2,1-7H3. The molecule has 0 nitrogen and oxygen atoms in total. The second kappa shape index (κ2) is 6.22. The van der Waals surface area contributed by atoms with Gasteiger partial charge in [0.15, 0.2) is 0 Å². The van der Waals surface area contributed by atoms with Crippen LogP contribution in [0.4, 0.5) is 0 Å². The van der Waals surface area contributed by atoms with Crippen LogP contribution in [0.2, 0.25) is 0 Å². The third-order valence-electron chi connectivity index (χ3n) is 8.38. The fourth-order valence-electron chi connectivity index (χ4n) is 6.77. The van der Waals surface area contributed by atoms with E-state index >= 15 is 0 Å². The summed E-state index contributed by atoms with van der Waals surface area (Å²) < 4.78 is 0. The quantitative estimate of drug-likeness (QED) is 0.453. The summed E-state index contributed by atoms with van der Waals surface area (Å²) in [6.07, 6.45) is 5.06. The number of rotatable bonds is 1. The highest BCUT2D eigenvalue weighted by Crippen LogP contribution is 2.70. The summed E-state index contributed by atoms with van der Waals surface area (Å²) >= 11 is 0. The van der Waals surface area contributed by atoms with Crippen LogP contribution in [0.1, 0.15) is 78.4 Å². The van der Waals surface area contributed by atoms with Gasteiger partial charge in [-0.25, -0.2) is 0 Å². The van der Waals surface area contributed by atoms with E-state index in [1.165, 1.54) is 35.1 Å². The summed E-state index contributed by atoms with van der Waals surface area (Å²) in [4.78, 5) is 0. The molecule has 5 rings (SSSR count). The van der Waals surface area contributed by atoms with Crippen molar-refractivity contribution in [3.05, 3.63) is 82.5 Å². The van der Waals surface area contributed by atoms with Crippen LogP contribution in [-0.2, 0) is 0 Å². The van der Waals surface area contributed by atoms with Crippen LogP contribution in [0.15, 0.2) is 71.3 Å². The van der Waals surface area contributed by atoms with Crippen LogP contribution in [0.5, 0.6) is 0 Å². The SMILES string of the molecule is CC1CC(C2c3ccccc3-c3ccccc32)(C(C)(C)C)C2=C1CC(C(C)(C)C)=C2. The Morgan fingerprint density at radius 3 is 1.83 bits per heavy atom.